The molecule has 0 unspecified atom stereocenters. The van der Waals surface area contributed by atoms with Crippen molar-refractivity contribution in [2.24, 2.45) is 5.92 Å². The van der Waals surface area contributed by atoms with E-state index in [1.165, 1.54) is 13.1 Å². The normalized spacial score (nSPS) is 13.4. The number of methoxy groups -OCH3 is 1. The molecule has 30 heavy (non-hydrogen) atoms. The predicted octanol–water partition coefficient (Wildman–Crippen LogP) is 3.23. The van der Waals surface area contributed by atoms with Crippen LogP contribution >= 0.6 is 0 Å². The van der Waals surface area contributed by atoms with E-state index in [1.807, 2.05) is 0 Å². The molecular formula is C22H28N2O5S. The first kappa shape index (κ1) is 22.1. The van der Waals surface area contributed by atoms with Crippen molar-refractivity contribution in [1.82, 2.24) is 4.72 Å². The van der Waals surface area contributed by atoms with E-state index < -0.39 is 10.0 Å². The Hall–Kier alpha value is -2.58. The van der Waals surface area contributed by atoms with Gasteiger partial charge in [0.05, 0.1) is 18.6 Å². The minimum absolute atomic E-state index is 0.162. The zero-order chi connectivity index (χ0) is 21.9. The Morgan fingerprint density at radius 2 is 1.93 bits per heavy atom. The van der Waals surface area contributed by atoms with Crippen LogP contribution < -0.4 is 19.1 Å². The largest absolute Gasteiger partial charge is 0.493 e. The van der Waals surface area contributed by atoms with Crippen LogP contribution in [0.5, 0.6) is 11.5 Å². The fraction of sp³-hybridized carbons (Fsp3) is 0.409. The van der Waals surface area contributed by atoms with Gasteiger partial charge in [-0.1, -0.05) is 13.8 Å². The molecule has 0 fully saturated rings. The van der Waals surface area contributed by atoms with Crippen LogP contribution in [0.2, 0.25) is 0 Å². The zero-order valence-corrected chi connectivity index (χ0v) is 18.6. The van der Waals surface area contributed by atoms with Crippen LogP contribution in [0, 0.1) is 5.92 Å². The second kappa shape index (κ2) is 9.06. The van der Waals surface area contributed by atoms with Crippen molar-refractivity contribution in [3.63, 3.8) is 0 Å². The molecule has 1 aliphatic rings. The van der Waals surface area contributed by atoms with Gasteiger partial charge in [-0.3, -0.25) is 4.79 Å². The molecule has 0 atom stereocenters. The number of rotatable bonds is 8. The highest BCUT2D eigenvalue weighted by Crippen LogP contribution is 2.33. The van der Waals surface area contributed by atoms with Gasteiger partial charge in [-0.05, 0) is 67.8 Å². The quantitative estimate of drug-likeness (QED) is 0.692. The molecule has 2 aromatic carbocycles. The van der Waals surface area contributed by atoms with Gasteiger partial charge in [0.25, 0.3) is 5.91 Å². The highest BCUT2D eigenvalue weighted by molar-refractivity contribution is 7.89. The average molecular weight is 433 g/mol. The van der Waals surface area contributed by atoms with Crippen molar-refractivity contribution in [2.75, 3.05) is 32.2 Å². The van der Waals surface area contributed by atoms with Crippen molar-refractivity contribution in [1.29, 1.82) is 0 Å². The highest BCUT2D eigenvalue weighted by atomic mass is 32.2. The average Bonchev–Trinajstić information content (AvgIpc) is 3.16. The lowest BCUT2D eigenvalue weighted by atomic mass is 10.1. The molecule has 0 radical (unpaired) electrons. The van der Waals surface area contributed by atoms with E-state index in [0.29, 0.717) is 42.6 Å². The van der Waals surface area contributed by atoms with E-state index >= 15 is 0 Å². The predicted molar refractivity (Wildman–Crippen MR) is 116 cm³/mol. The number of hydrogen-bond acceptors (Lipinski definition) is 5. The number of anilines is 1. The van der Waals surface area contributed by atoms with Gasteiger partial charge in [-0.2, -0.15) is 0 Å². The van der Waals surface area contributed by atoms with Crippen LogP contribution in [-0.2, 0) is 16.4 Å². The molecule has 0 saturated carbocycles. The smallest absolute Gasteiger partial charge is 0.258 e. The van der Waals surface area contributed by atoms with Gasteiger partial charge in [0.15, 0.2) is 11.5 Å². The van der Waals surface area contributed by atoms with Gasteiger partial charge in [0.1, 0.15) is 0 Å². The van der Waals surface area contributed by atoms with Gasteiger partial charge in [-0.25, -0.2) is 13.1 Å². The first-order valence-corrected chi connectivity index (χ1v) is 11.4. The lowest BCUT2D eigenvalue weighted by Gasteiger charge is -2.19. The van der Waals surface area contributed by atoms with Crippen molar-refractivity contribution in [3.8, 4) is 11.5 Å². The molecule has 1 amide bonds. The first-order chi connectivity index (χ1) is 14.3. The number of nitrogens with one attached hydrogen (secondary N) is 1. The van der Waals surface area contributed by atoms with Crippen LogP contribution in [0.4, 0.5) is 5.69 Å². The van der Waals surface area contributed by atoms with E-state index in [-0.39, 0.29) is 10.8 Å². The summed E-state index contributed by atoms with van der Waals surface area (Å²) in [5, 5.41) is 0. The molecule has 0 spiro atoms. The summed E-state index contributed by atoms with van der Waals surface area (Å²) < 4.78 is 37.6. The maximum absolute atomic E-state index is 13.1. The van der Waals surface area contributed by atoms with E-state index in [0.717, 1.165) is 17.7 Å². The minimum Gasteiger partial charge on any atom is -0.493 e. The van der Waals surface area contributed by atoms with Crippen molar-refractivity contribution in [3.05, 3.63) is 47.5 Å². The number of fused-ring (bicyclic) bond motifs is 1. The number of hydrogen-bond donors (Lipinski definition) is 1. The Bertz CT molecular complexity index is 1030. The van der Waals surface area contributed by atoms with E-state index in [4.69, 9.17) is 9.47 Å². The number of carbonyl (C=O) groups is 1. The van der Waals surface area contributed by atoms with Crippen molar-refractivity contribution >= 4 is 21.6 Å². The summed E-state index contributed by atoms with van der Waals surface area (Å²) in [5.74, 6) is 1.50. The van der Waals surface area contributed by atoms with Crippen LogP contribution in [0.25, 0.3) is 0 Å². The molecule has 1 N–H and O–H groups in total. The summed E-state index contributed by atoms with van der Waals surface area (Å²) in [4.78, 5) is 15.0. The van der Waals surface area contributed by atoms with E-state index in [2.05, 4.69) is 18.6 Å². The number of amides is 1. The molecule has 3 rings (SSSR count). The topological polar surface area (TPSA) is 84.9 Å². The monoisotopic (exact) mass is 432 g/mol. The number of nitrogens with zero attached hydrogens (tertiary/aromatic N) is 1. The Morgan fingerprint density at radius 3 is 2.60 bits per heavy atom. The lowest BCUT2D eigenvalue weighted by Crippen LogP contribution is -2.28. The summed E-state index contributed by atoms with van der Waals surface area (Å²) in [7, 11) is -0.594. The van der Waals surface area contributed by atoms with Gasteiger partial charge in [-0.15, -0.1) is 0 Å². The standard InChI is InChI=1S/C22H28N2O5S/c1-15(2)10-12-29-20-8-5-17(14-21(20)28-4)22(25)24-11-9-16-13-18(6-7-19(16)24)30(26,27)23-3/h5-8,13-15,23H,9-12H2,1-4H3. The third-order valence-corrected chi connectivity index (χ3v) is 6.55. The van der Waals surface area contributed by atoms with Gasteiger partial charge in [0, 0.05) is 17.8 Å². The molecule has 0 aliphatic carbocycles. The molecule has 0 bridgehead atoms. The Labute approximate surface area is 178 Å². The fourth-order valence-electron chi connectivity index (χ4n) is 3.35. The second-order valence-corrected chi connectivity index (χ2v) is 9.49. The van der Waals surface area contributed by atoms with E-state index in [1.54, 1.807) is 42.3 Å². The van der Waals surface area contributed by atoms with Crippen molar-refractivity contribution < 1.29 is 22.7 Å². The lowest BCUT2D eigenvalue weighted by molar-refractivity contribution is 0.0989. The summed E-state index contributed by atoms with van der Waals surface area (Å²) in [6.45, 7) is 5.34. The Kier molecular flexibility index (Phi) is 6.67. The summed E-state index contributed by atoms with van der Waals surface area (Å²) in [5.41, 5.74) is 2.05. The summed E-state index contributed by atoms with van der Waals surface area (Å²) >= 11 is 0. The zero-order valence-electron chi connectivity index (χ0n) is 17.8. The number of benzene rings is 2. The fourth-order valence-corrected chi connectivity index (χ4v) is 4.13. The second-order valence-electron chi connectivity index (χ2n) is 7.60. The van der Waals surface area contributed by atoms with Crippen LogP contribution in [0.1, 0.15) is 36.2 Å². The molecule has 1 heterocycles. The number of sulfonamides is 1. The Balaban J connectivity index is 1.81. The maximum atomic E-state index is 13.1. The molecule has 0 saturated heterocycles. The van der Waals surface area contributed by atoms with Gasteiger partial charge in [0.2, 0.25) is 10.0 Å². The third kappa shape index (κ3) is 4.60. The number of ether oxygens (including phenoxy) is 2. The van der Waals surface area contributed by atoms with Gasteiger partial charge >= 0.3 is 0 Å². The molecule has 8 heteroatoms. The Morgan fingerprint density at radius 1 is 1.17 bits per heavy atom. The summed E-state index contributed by atoms with van der Waals surface area (Å²) in [6.07, 6.45) is 1.53. The summed E-state index contributed by atoms with van der Waals surface area (Å²) in [6, 6.07) is 10.00. The molecule has 2 aromatic rings. The van der Waals surface area contributed by atoms with E-state index in [9.17, 15) is 13.2 Å². The maximum Gasteiger partial charge on any atom is 0.258 e. The molecule has 162 valence electrons. The molecular weight excluding hydrogens is 404 g/mol. The van der Waals surface area contributed by atoms with Gasteiger partial charge < -0.3 is 14.4 Å². The SMILES string of the molecule is CNS(=O)(=O)c1ccc2c(c1)CCN2C(=O)c1ccc(OCCC(C)C)c(OC)c1. The van der Waals surface area contributed by atoms with Crippen molar-refractivity contribution in [2.45, 2.75) is 31.6 Å². The third-order valence-electron chi connectivity index (χ3n) is 5.13. The molecule has 0 aromatic heterocycles. The first-order valence-electron chi connectivity index (χ1n) is 9.96. The van der Waals surface area contributed by atoms with Crippen LogP contribution in [-0.4, -0.2) is 41.6 Å². The minimum atomic E-state index is -3.52. The highest BCUT2D eigenvalue weighted by Gasteiger charge is 2.27. The molecule has 7 nitrogen and oxygen atoms in total. The molecule has 1 aliphatic heterocycles. The number of carbonyl (C=O) groups excluding carboxylic acids is 1. The van der Waals surface area contributed by atoms with Crippen LogP contribution in [0.15, 0.2) is 41.3 Å². The van der Waals surface area contributed by atoms with Crippen LogP contribution in [0.3, 0.4) is 0 Å².